The third kappa shape index (κ3) is 2.55. The number of carbonyl (C=O) groups excluding carboxylic acids is 1. The van der Waals surface area contributed by atoms with Crippen molar-refractivity contribution in [2.45, 2.75) is 12.8 Å². The van der Waals surface area contributed by atoms with Crippen molar-refractivity contribution in [3.8, 4) is 11.1 Å². The molecule has 6 rings (SSSR count). The number of fused-ring (bicyclic) bond motifs is 4. The lowest BCUT2D eigenvalue weighted by Crippen LogP contribution is -2.42. The number of nitrogens with one attached hydrogen (secondary N) is 1. The molecule has 2 aliphatic rings. The van der Waals surface area contributed by atoms with Crippen molar-refractivity contribution in [1.29, 1.82) is 0 Å². The van der Waals surface area contributed by atoms with E-state index < -0.39 is 0 Å². The molecule has 1 aliphatic heterocycles. The molecule has 2 unspecified atom stereocenters. The molecule has 1 saturated heterocycles. The smallest absolute Gasteiger partial charge is 0.170 e. The van der Waals surface area contributed by atoms with Crippen molar-refractivity contribution in [3.63, 3.8) is 0 Å². The topological polar surface area (TPSA) is 66.3 Å². The number of carbonyl (C=O) groups is 1. The highest BCUT2D eigenvalue weighted by Gasteiger charge is 2.45. The molecular weight excluding hydrogens is 362 g/mol. The molecule has 0 spiro atoms. The molecule has 0 radical (unpaired) electrons. The zero-order valence-corrected chi connectivity index (χ0v) is 16.4. The van der Waals surface area contributed by atoms with Gasteiger partial charge in [0.25, 0.3) is 0 Å². The summed E-state index contributed by atoms with van der Waals surface area (Å²) in [5.41, 5.74) is 4.68. The third-order valence-electron chi connectivity index (χ3n) is 6.87. The standard InChI is InChI=1S/C23H23N5O/c1-27-12-15-4-5-16(13-27)21(15)22(29)19-11-26-28-8-6-14(9-20(19)28)18-10-25-23-17(18)3-2-7-24-23/h2-3,6-11,15-16,21H,4-5,12-13H2,1H3,(H,24,25). The van der Waals surface area contributed by atoms with Gasteiger partial charge in [-0.25, -0.2) is 9.50 Å². The van der Waals surface area contributed by atoms with E-state index in [1.807, 2.05) is 29.0 Å². The number of hydrogen-bond donors (Lipinski definition) is 1. The summed E-state index contributed by atoms with van der Waals surface area (Å²) in [5.74, 6) is 1.37. The lowest BCUT2D eigenvalue weighted by atomic mass is 9.80. The summed E-state index contributed by atoms with van der Waals surface area (Å²) >= 11 is 0. The number of aromatic amines is 1. The van der Waals surface area contributed by atoms with Crippen LogP contribution in [0.15, 0.2) is 49.1 Å². The van der Waals surface area contributed by atoms with Gasteiger partial charge in [-0.3, -0.25) is 4.79 Å². The molecule has 1 N–H and O–H groups in total. The van der Waals surface area contributed by atoms with Crippen molar-refractivity contribution in [3.05, 3.63) is 54.6 Å². The summed E-state index contributed by atoms with van der Waals surface area (Å²) < 4.78 is 1.82. The number of aromatic nitrogens is 4. The fraction of sp³-hybridized carbons (Fsp3) is 0.348. The van der Waals surface area contributed by atoms with Gasteiger partial charge in [-0.1, -0.05) is 0 Å². The zero-order chi connectivity index (χ0) is 19.5. The van der Waals surface area contributed by atoms with Gasteiger partial charge in [-0.05, 0) is 61.6 Å². The van der Waals surface area contributed by atoms with Crippen LogP contribution >= 0.6 is 0 Å². The first-order valence-electron chi connectivity index (χ1n) is 10.3. The first kappa shape index (κ1) is 16.9. The average molecular weight is 385 g/mol. The molecule has 6 nitrogen and oxygen atoms in total. The van der Waals surface area contributed by atoms with Gasteiger partial charge in [0.05, 0.1) is 17.3 Å². The maximum Gasteiger partial charge on any atom is 0.170 e. The van der Waals surface area contributed by atoms with Crippen LogP contribution in [0.4, 0.5) is 0 Å². The van der Waals surface area contributed by atoms with Crippen LogP contribution in [0.2, 0.25) is 0 Å². The van der Waals surface area contributed by atoms with Gasteiger partial charge in [0, 0.05) is 48.5 Å². The van der Waals surface area contributed by atoms with Crippen molar-refractivity contribution < 1.29 is 4.79 Å². The average Bonchev–Trinajstić information content (AvgIpc) is 3.41. The SMILES string of the molecule is CN1CC2CCC(C1)C2C(=O)c1cnn2ccc(-c3c[nH]c4ncccc34)cc12. The van der Waals surface area contributed by atoms with E-state index in [1.54, 1.807) is 12.4 Å². The number of Topliss-reactive ketones (excluding diaryl/α,β-unsaturated/α-hetero) is 1. The summed E-state index contributed by atoms with van der Waals surface area (Å²) in [6.07, 6.45) is 9.81. The van der Waals surface area contributed by atoms with Crippen LogP contribution in [0, 0.1) is 17.8 Å². The molecule has 5 heterocycles. The van der Waals surface area contributed by atoms with Crippen LogP contribution in [0.1, 0.15) is 23.2 Å². The van der Waals surface area contributed by atoms with Gasteiger partial charge in [0.1, 0.15) is 5.65 Å². The van der Waals surface area contributed by atoms with Crippen LogP contribution in [-0.2, 0) is 0 Å². The minimum atomic E-state index is 0.139. The van der Waals surface area contributed by atoms with Crippen molar-refractivity contribution in [2.75, 3.05) is 20.1 Å². The van der Waals surface area contributed by atoms with Crippen LogP contribution in [-0.4, -0.2) is 50.4 Å². The van der Waals surface area contributed by atoms with Gasteiger partial charge >= 0.3 is 0 Å². The zero-order valence-electron chi connectivity index (χ0n) is 16.4. The number of ketones is 1. The van der Waals surface area contributed by atoms with Crippen molar-refractivity contribution in [1.82, 2.24) is 24.5 Å². The summed E-state index contributed by atoms with van der Waals surface area (Å²) in [5, 5.41) is 5.55. The predicted octanol–water partition coefficient (Wildman–Crippen LogP) is 3.65. The Kier molecular flexibility index (Phi) is 3.65. The van der Waals surface area contributed by atoms with Gasteiger partial charge in [0.2, 0.25) is 0 Å². The number of H-pyrrole nitrogens is 1. The fourth-order valence-electron chi connectivity index (χ4n) is 5.60. The molecule has 29 heavy (non-hydrogen) atoms. The van der Waals surface area contributed by atoms with E-state index in [2.05, 4.69) is 39.1 Å². The molecule has 146 valence electrons. The number of hydrogen-bond acceptors (Lipinski definition) is 4. The Labute approximate surface area is 168 Å². The monoisotopic (exact) mass is 385 g/mol. The van der Waals surface area contributed by atoms with E-state index in [-0.39, 0.29) is 11.7 Å². The highest BCUT2D eigenvalue weighted by molar-refractivity contribution is 6.05. The van der Waals surface area contributed by atoms with E-state index in [0.717, 1.165) is 59.2 Å². The lowest BCUT2D eigenvalue weighted by Gasteiger charge is -2.34. The quantitative estimate of drug-likeness (QED) is 0.547. The second-order valence-corrected chi connectivity index (χ2v) is 8.61. The fourth-order valence-corrected chi connectivity index (χ4v) is 5.60. The first-order valence-corrected chi connectivity index (χ1v) is 10.3. The minimum Gasteiger partial charge on any atom is -0.346 e. The van der Waals surface area contributed by atoms with Crippen molar-refractivity contribution >= 4 is 22.3 Å². The van der Waals surface area contributed by atoms with E-state index in [1.165, 1.54) is 0 Å². The lowest BCUT2D eigenvalue weighted by molar-refractivity contribution is 0.0721. The van der Waals surface area contributed by atoms with Crippen LogP contribution in [0.3, 0.4) is 0 Å². The highest BCUT2D eigenvalue weighted by atomic mass is 16.1. The van der Waals surface area contributed by atoms with Gasteiger partial charge in [-0.2, -0.15) is 5.10 Å². The Morgan fingerprint density at radius 1 is 1.21 bits per heavy atom. The number of piperidine rings is 1. The van der Waals surface area contributed by atoms with Gasteiger partial charge < -0.3 is 9.88 Å². The second kappa shape index (κ2) is 6.26. The summed E-state index contributed by atoms with van der Waals surface area (Å²) in [6, 6.07) is 8.15. The Balaban J connectivity index is 1.43. The molecule has 1 saturated carbocycles. The van der Waals surface area contributed by atoms with Gasteiger partial charge in [-0.15, -0.1) is 0 Å². The molecule has 2 bridgehead atoms. The van der Waals surface area contributed by atoms with E-state index in [4.69, 9.17) is 0 Å². The molecule has 4 aromatic heterocycles. The van der Waals surface area contributed by atoms with E-state index in [9.17, 15) is 4.79 Å². The highest BCUT2D eigenvalue weighted by Crippen LogP contribution is 2.43. The van der Waals surface area contributed by atoms with Crippen LogP contribution in [0.25, 0.3) is 27.7 Å². The molecule has 0 amide bonds. The minimum absolute atomic E-state index is 0.139. The third-order valence-corrected chi connectivity index (χ3v) is 6.87. The van der Waals surface area contributed by atoms with Gasteiger partial charge in [0.15, 0.2) is 5.78 Å². The molecule has 2 atom stereocenters. The summed E-state index contributed by atoms with van der Waals surface area (Å²) in [4.78, 5) is 23.6. The van der Waals surface area contributed by atoms with Crippen LogP contribution < -0.4 is 0 Å². The normalized spacial score (nSPS) is 24.5. The Hall–Kier alpha value is -2.99. The number of pyridine rings is 2. The molecule has 1 aliphatic carbocycles. The largest absolute Gasteiger partial charge is 0.346 e. The second-order valence-electron chi connectivity index (χ2n) is 8.61. The predicted molar refractivity (Wildman–Crippen MR) is 112 cm³/mol. The number of likely N-dealkylation sites (tertiary alicyclic amines) is 1. The maximum atomic E-state index is 13.6. The number of nitrogens with zero attached hydrogens (tertiary/aromatic N) is 4. The molecule has 2 fully saturated rings. The summed E-state index contributed by atoms with van der Waals surface area (Å²) in [7, 11) is 2.17. The Bertz CT molecular complexity index is 1220. The summed E-state index contributed by atoms with van der Waals surface area (Å²) in [6.45, 7) is 2.05. The van der Waals surface area contributed by atoms with E-state index >= 15 is 0 Å². The van der Waals surface area contributed by atoms with Crippen LogP contribution in [0.5, 0.6) is 0 Å². The van der Waals surface area contributed by atoms with Crippen molar-refractivity contribution in [2.24, 2.45) is 17.8 Å². The maximum absolute atomic E-state index is 13.6. The number of rotatable bonds is 3. The first-order chi connectivity index (χ1) is 14.2. The van der Waals surface area contributed by atoms with E-state index in [0.29, 0.717) is 11.8 Å². The molecule has 6 heteroatoms. The molecule has 4 aromatic rings. The Morgan fingerprint density at radius 2 is 2.03 bits per heavy atom. The molecular formula is C23H23N5O. The molecule has 0 aromatic carbocycles. The Morgan fingerprint density at radius 3 is 2.86 bits per heavy atom.